The SMILES string of the molecule is CSCC(C)N(C)c1ccccc1[C@H](C)O. The minimum atomic E-state index is -0.417. The molecule has 90 valence electrons. The van der Waals surface area contributed by atoms with E-state index in [1.54, 1.807) is 0 Å². The smallest absolute Gasteiger partial charge is 0.0781 e. The Balaban J connectivity index is 2.93. The average Bonchev–Trinajstić information content (AvgIpc) is 2.28. The molecule has 1 aromatic rings. The van der Waals surface area contributed by atoms with Gasteiger partial charge in [-0.1, -0.05) is 18.2 Å². The van der Waals surface area contributed by atoms with Crippen LogP contribution in [0.4, 0.5) is 5.69 Å². The first-order valence-electron chi connectivity index (χ1n) is 5.56. The van der Waals surface area contributed by atoms with Crippen LogP contribution in [0.1, 0.15) is 25.5 Å². The van der Waals surface area contributed by atoms with Crippen molar-refractivity contribution in [1.29, 1.82) is 0 Å². The zero-order valence-electron chi connectivity index (χ0n) is 10.5. The van der Waals surface area contributed by atoms with E-state index in [-0.39, 0.29) is 0 Å². The Labute approximate surface area is 103 Å². The fraction of sp³-hybridized carbons (Fsp3) is 0.538. The first-order valence-corrected chi connectivity index (χ1v) is 6.96. The summed E-state index contributed by atoms with van der Waals surface area (Å²) in [7, 11) is 2.09. The number of hydrogen-bond acceptors (Lipinski definition) is 3. The van der Waals surface area contributed by atoms with Crippen LogP contribution in [0.15, 0.2) is 24.3 Å². The number of rotatable bonds is 5. The number of nitrogens with zero attached hydrogens (tertiary/aromatic N) is 1. The molecule has 0 amide bonds. The highest BCUT2D eigenvalue weighted by molar-refractivity contribution is 7.98. The molecule has 1 rings (SSSR count). The van der Waals surface area contributed by atoms with Crippen molar-refractivity contribution in [3.05, 3.63) is 29.8 Å². The van der Waals surface area contributed by atoms with Crippen molar-refractivity contribution in [1.82, 2.24) is 0 Å². The van der Waals surface area contributed by atoms with Crippen molar-refractivity contribution in [3.63, 3.8) is 0 Å². The average molecular weight is 239 g/mol. The first-order chi connectivity index (χ1) is 7.57. The Morgan fingerprint density at radius 3 is 2.50 bits per heavy atom. The van der Waals surface area contributed by atoms with Gasteiger partial charge in [-0.25, -0.2) is 0 Å². The van der Waals surface area contributed by atoms with Crippen LogP contribution in [-0.2, 0) is 0 Å². The maximum absolute atomic E-state index is 9.73. The van der Waals surface area contributed by atoms with Gasteiger partial charge in [-0.15, -0.1) is 0 Å². The summed E-state index contributed by atoms with van der Waals surface area (Å²) in [4.78, 5) is 2.23. The number of aliphatic hydroxyl groups excluding tert-OH is 1. The van der Waals surface area contributed by atoms with E-state index < -0.39 is 6.10 Å². The third-order valence-electron chi connectivity index (χ3n) is 2.84. The molecule has 2 atom stereocenters. The molecule has 3 heteroatoms. The van der Waals surface area contributed by atoms with Crippen molar-refractivity contribution in [2.45, 2.75) is 26.0 Å². The number of aliphatic hydroxyl groups is 1. The second-order valence-electron chi connectivity index (χ2n) is 4.15. The summed E-state index contributed by atoms with van der Waals surface area (Å²) in [6.07, 6.45) is 1.70. The molecule has 0 bridgehead atoms. The second-order valence-corrected chi connectivity index (χ2v) is 5.06. The predicted octanol–water partition coefficient (Wildman–Crippen LogP) is 2.93. The molecule has 1 unspecified atom stereocenters. The van der Waals surface area contributed by atoms with Gasteiger partial charge in [-0.3, -0.25) is 0 Å². The van der Waals surface area contributed by atoms with Gasteiger partial charge >= 0.3 is 0 Å². The lowest BCUT2D eigenvalue weighted by atomic mass is 10.1. The van der Waals surface area contributed by atoms with Crippen LogP contribution in [0.3, 0.4) is 0 Å². The van der Waals surface area contributed by atoms with Crippen LogP contribution >= 0.6 is 11.8 Å². The van der Waals surface area contributed by atoms with E-state index in [0.29, 0.717) is 6.04 Å². The third-order valence-corrected chi connectivity index (χ3v) is 3.65. The van der Waals surface area contributed by atoms with Crippen molar-refractivity contribution in [2.75, 3.05) is 24.0 Å². The number of hydrogen-bond donors (Lipinski definition) is 1. The van der Waals surface area contributed by atoms with Crippen LogP contribution in [-0.4, -0.2) is 30.2 Å². The zero-order valence-corrected chi connectivity index (χ0v) is 11.3. The molecular weight excluding hydrogens is 218 g/mol. The summed E-state index contributed by atoms with van der Waals surface area (Å²) in [6, 6.07) is 8.51. The van der Waals surface area contributed by atoms with Crippen molar-refractivity contribution >= 4 is 17.4 Å². The van der Waals surface area contributed by atoms with Gasteiger partial charge in [0.2, 0.25) is 0 Å². The molecule has 0 radical (unpaired) electrons. The van der Waals surface area contributed by atoms with E-state index in [1.165, 1.54) is 0 Å². The lowest BCUT2D eigenvalue weighted by molar-refractivity contribution is 0.199. The Morgan fingerprint density at radius 1 is 1.31 bits per heavy atom. The van der Waals surface area contributed by atoms with Gasteiger partial charge in [0.1, 0.15) is 0 Å². The molecule has 0 aliphatic rings. The quantitative estimate of drug-likeness (QED) is 0.854. The van der Waals surface area contributed by atoms with E-state index >= 15 is 0 Å². The molecule has 2 nitrogen and oxygen atoms in total. The largest absolute Gasteiger partial charge is 0.389 e. The Morgan fingerprint density at radius 2 is 1.94 bits per heavy atom. The lowest BCUT2D eigenvalue weighted by Crippen LogP contribution is -2.31. The molecule has 1 aromatic carbocycles. The Hall–Kier alpha value is -0.670. The number of benzene rings is 1. The summed E-state index contributed by atoms with van der Waals surface area (Å²) in [5.74, 6) is 1.09. The summed E-state index contributed by atoms with van der Waals surface area (Å²) >= 11 is 1.84. The summed E-state index contributed by atoms with van der Waals surface area (Å²) in [5, 5.41) is 9.73. The summed E-state index contributed by atoms with van der Waals surface area (Å²) in [6.45, 7) is 4.02. The molecule has 0 heterocycles. The van der Waals surface area contributed by atoms with E-state index in [1.807, 2.05) is 36.9 Å². The number of thioether (sulfide) groups is 1. The monoisotopic (exact) mass is 239 g/mol. The zero-order chi connectivity index (χ0) is 12.1. The van der Waals surface area contributed by atoms with E-state index in [0.717, 1.165) is 17.0 Å². The fourth-order valence-electron chi connectivity index (χ4n) is 1.75. The minimum absolute atomic E-state index is 0.417. The second kappa shape index (κ2) is 6.16. The molecule has 0 saturated carbocycles. The maximum atomic E-state index is 9.73. The van der Waals surface area contributed by atoms with Crippen LogP contribution in [0.2, 0.25) is 0 Å². The van der Waals surface area contributed by atoms with Crippen molar-refractivity contribution < 1.29 is 5.11 Å². The molecule has 16 heavy (non-hydrogen) atoms. The van der Waals surface area contributed by atoms with Crippen LogP contribution < -0.4 is 4.90 Å². The van der Waals surface area contributed by atoms with Crippen LogP contribution in [0.25, 0.3) is 0 Å². The molecular formula is C13H21NOS. The van der Waals surface area contributed by atoms with Crippen LogP contribution in [0, 0.1) is 0 Å². The molecule has 1 N–H and O–H groups in total. The van der Waals surface area contributed by atoms with E-state index in [2.05, 4.69) is 31.2 Å². The van der Waals surface area contributed by atoms with Gasteiger partial charge < -0.3 is 10.0 Å². The standard InChI is InChI=1S/C13H21NOS/c1-10(9-16-4)14(3)13-8-6-5-7-12(13)11(2)15/h5-8,10-11,15H,9H2,1-4H3/t10?,11-/m0/s1. The highest BCUT2D eigenvalue weighted by Crippen LogP contribution is 2.26. The van der Waals surface area contributed by atoms with Crippen molar-refractivity contribution in [3.8, 4) is 0 Å². The normalized spacial score (nSPS) is 14.6. The van der Waals surface area contributed by atoms with Gasteiger partial charge in [0, 0.05) is 30.1 Å². The third kappa shape index (κ3) is 3.16. The van der Waals surface area contributed by atoms with Gasteiger partial charge in [0.15, 0.2) is 0 Å². The number of para-hydroxylation sites is 1. The molecule has 0 fully saturated rings. The maximum Gasteiger partial charge on any atom is 0.0781 e. The predicted molar refractivity (Wildman–Crippen MR) is 73.3 cm³/mol. The molecule has 0 aliphatic heterocycles. The van der Waals surface area contributed by atoms with Gasteiger partial charge in [-0.2, -0.15) is 11.8 Å². The highest BCUT2D eigenvalue weighted by atomic mass is 32.2. The van der Waals surface area contributed by atoms with Crippen molar-refractivity contribution in [2.24, 2.45) is 0 Å². The summed E-state index contributed by atoms with van der Waals surface area (Å²) < 4.78 is 0. The van der Waals surface area contributed by atoms with Gasteiger partial charge in [-0.05, 0) is 26.2 Å². The molecule has 0 saturated heterocycles. The van der Waals surface area contributed by atoms with Gasteiger partial charge in [0.25, 0.3) is 0 Å². The van der Waals surface area contributed by atoms with Gasteiger partial charge in [0.05, 0.1) is 6.10 Å². The minimum Gasteiger partial charge on any atom is -0.389 e. The highest BCUT2D eigenvalue weighted by Gasteiger charge is 2.14. The Kier molecular flexibility index (Phi) is 5.16. The summed E-state index contributed by atoms with van der Waals surface area (Å²) in [5.41, 5.74) is 2.12. The molecule has 0 aromatic heterocycles. The topological polar surface area (TPSA) is 23.5 Å². The molecule has 0 spiro atoms. The first kappa shape index (κ1) is 13.4. The number of anilines is 1. The molecule has 0 aliphatic carbocycles. The lowest BCUT2D eigenvalue weighted by Gasteiger charge is -2.29. The van der Waals surface area contributed by atoms with E-state index in [9.17, 15) is 5.11 Å². The van der Waals surface area contributed by atoms with E-state index in [4.69, 9.17) is 0 Å². The Bertz CT molecular complexity index is 327. The van der Waals surface area contributed by atoms with Crippen LogP contribution in [0.5, 0.6) is 0 Å². The fourth-order valence-corrected chi connectivity index (χ4v) is 2.46.